The molecule has 0 radical (unpaired) electrons. The van der Waals surface area contributed by atoms with Crippen LogP contribution in [0.1, 0.15) is 5.56 Å². The van der Waals surface area contributed by atoms with Crippen molar-refractivity contribution < 1.29 is 14.3 Å². The lowest BCUT2D eigenvalue weighted by Gasteiger charge is -2.10. The van der Waals surface area contributed by atoms with E-state index in [1.54, 1.807) is 48.5 Å². The van der Waals surface area contributed by atoms with Gasteiger partial charge < -0.3 is 14.8 Å². The molecule has 1 amide bonds. The van der Waals surface area contributed by atoms with E-state index in [9.17, 15) is 10.1 Å². The Morgan fingerprint density at radius 1 is 1.31 bits per heavy atom. The van der Waals surface area contributed by atoms with Gasteiger partial charge in [-0.15, -0.1) is 0 Å². The summed E-state index contributed by atoms with van der Waals surface area (Å²) in [6.07, 6.45) is 3.14. The summed E-state index contributed by atoms with van der Waals surface area (Å²) in [4.78, 5) is 12.4. The summed E-state index contributed by atoms with van der Waals surface area (Å²) in [6.45, 7) is 3.99. The Bertz CT molecular complexity index is 868. The predicted octanol–water partition coefficient (Wildman–Crippen LogP) is 4.46. The summed E-state index contributed by atoms with van der Waals surface area (Å²) in [6, 6.07) is 13.7. The number of nitrogens with one attached hydrogen (secondary N) is 1. The van der Waals surface area contributed by atoms with E-state index in [0.717, 1.165) is 0 Å². The van der Waals surface area contributed by atoms with Crippen molar-refractivity contribution in [3.05, 3.63) is 71.3 Å². The third-order valence-electron chi connectivity index (χ3n) is 3.33. The molecule has 2 aromatic carbocycles. The molecule has 0 spiro atoms. The van der Waals surface area contributed by atoms with Gasteiger partial charge in [-0.3, -0.25) is 4.79 Å². The number of halogens is 1. The average molecular weight is 369 g/mol. The maximum atomic E-state index is 12.4. The van der Waals surface area contributed by atoms with Gasteiger partial charge in [0.2, 0.25) is 0 Å². The summed E-state index contributed by atoms with van der Waals surface area (Å²) in [7, 11) is 1.48. The van der Waals surface area contributed by atoms with E-state index >= 15 is 0 Å². The largest absolute Gasteiger partial charge is 0.495 e. The lowest BCUT2D eigenvalue weighted by atomic mass is 10.1. The number of amides is 1. The number of carbonyl (C=O) groups excluding carboxylic acids is 1. The molecule has 0 aliphatic heterocycles. The minimum absolute atomic E-state index is 0.0493. The van der Waals surface area contributed by atoms with E-state index in [-0.39, 0.29) is 5.57 Å². The second-order valence-electron chi connectivity index (χ2n) is 5.14. The maximum absolute atomic E-state index is 12.4. The van der Waals surface area contributed by atoms with E-state index in [1.165, 1.54) is 13.2 Å². The number of ether oxygens (including phenoxy) is 2. The van der Waals surface area contributed by atoms with Crippen molar-refractivity contribution in [1.29, 1.82) is 5.26 Å². The second kappa shape index (κ2) is 9.30. The monoisotopic (exact) mass is 368 g/mol. The lowest BCUT2D eigenvalue weighted by Crippen LogP contribution is -2.14. The minimum atomic E-state index is -0.556. The number of anilines is 1. The Hall–Kier alpha value is -3.23. The van der Waals surface area contributed by atoms with E-state index in [4.69, 9.17) is 21.1 Å². The molecular weight excluding hydrogens is 352 g/mol. The number of rotatable bonds is 7. The molecule has 2 aromatic rings. The number of nitriles is 1. The highest BCUT2D eigenvalue weighted by atomic mass is 35.5. The molecule has 0 fully saturated rings. The van der Waals surface area contributed by atoms with Crippen molar-refractivity contribution in [3.63, 3.8) is 0 Å². The molecule has 26 heavy (non-hydrogen) atoms. The maximum Gasteiger partial charge on any atom is 0.266 e. The van der Waals surface area contributed by atoms with Crippen LogP contribution in [0.4, 0.5) is 5.69 Å². The molecule has 1 N–H and O–H groups in total. The number of nitrogens with zero attached hydrogens (tertiary/aromatic N) is 1. The number of carbonyl (C=O) groups is 1. The quantitative estimate of drug-likeness (QED) is 0.445. The van der Waals surface area contributed by atoms with E-state index in [0.29, 0.717) is 34.4 Å². The zero-order valence-electron chi connectivity index (χ0n) is 14.2. The highest BCUT2D eigenvalue weighted by Crippen LogP contribution is 2.28. The molecule has 2 rings (SSSR count). The number of hydrogen-bond donors (Lipinski definition) is 1. The molecule has 0 atom stereocenters. The van der Waals surface area contributed by atoms with Crippen LogP contribution in [0.2, 0.25) is 5.02 Å². The highest BCUT2D eigenvalue weighted by molar-refractivity contribution is 6.31. The lowest BCUT2D eigenvalue weighted by molar-refractivity contribution is -0.112. The molecule has 0 unspecified atom stereocenters. The van der Waals surface area contributed by atoms with Crippen LogP contribution in [0, 0.1) is 11.3 Å². The van der Waals surface area contributed by atoms with Gasteiger partial charge in [-0.1, -0.05) is 36.4 Å². The molecule has 132 valence electrons. The molecule has 6 heteroatoms. The van der Waals surface area contributed by atoms with Crippen molar-refractivity contribution in [2.24, 2.45) is 0 Å². The second-order valence-corrected chi connectivity index (χ2v) is 5.57. The van der Waals surface area contributed by atoms with Crippen molar-refractivity contribution in [2.75, 3.05) is 19.0 Å². The number of benzene rings is 2. The summed E-state index contributed by atoms with van der Waals surface area (Å²) >= 11 is 5.95. The Balaban J connectivity index is 2.18. The van der Waals surface area contributed by atoms with Gasteiger partial charge in [0.25, 0.3) is 5.91 Å². The number of methoxy groups -OCH3 is 1. The van der Waals surface area contributed by atoms with E-state index in [1.807, 2.05) is 6.07 Å². The van der Waals surface area contributed by atoms with Gasteiger partial charge in [0, 0.05) is 5.02 Å². The van der Waals surface area contributed by atoms with E-state index in [2.05, 4.69) is 11.9 Å². The van der Waals surface area contributed by atoms with Crippen LogP contribution in [-0.4, -0.2) is 19.6 Å². The minimum Gasteiger partial charge on any atom is -0.495 e. The Morgan fingerprint density at radius 2 is 2.04 bits per heavy atom. The Labute approximate surface area is 157 Å². The molecule has 0 saturated heterocycles. The first-order chi connectivity index (χ1) is 12.6. The molecule has 0 bridgehead atoms. The van der Waals surface area contributed by atoms with Crippen LogP contribution < -0.4 is 14.8 Å². The SMILES string of the molecule is C=CCOc1ccc(/C=C(\C#N)C(=O)Nc2cc(Cl)ccc2OC)cc1. The van der Waals surface area contributed by atoms with Crippen LogP contribution >= 0.6 is 11.6 Å². The van der Waals surface area contributed by atoms with Crippen LogP contribution in [0.15, 0.2) is 60.7 Å². The molecule has 0 aromatic heterocycles. The summed E-state index contributed by atoms with van der Waals surface area (Å²) in [5.74, 6) is 0.567. The summed E-state index contributed by atoms with van der Waals surface area (Å²) in [5, 5.41) is 12.4. The Kier molecular flexibility index (Phi) is 6.84. The highest BCUT2D eigenvalue weighted by Gasteiger charge is 2.13. The van der Waals surface area contributed by atoms with Crippen molar-refractivity contribution >= 4 is 29.3 Å². The zero-order chi connectivity index (χ0) is 18.9. The fraction of sp³-hybridized carbons (Fsp3) is 0.100. The first kappa shape index (κ1) is 19.1. The molecule has 0 saturated carbocycles. The van der Waals surface area contributed by atoms with Crippen molar-refractivity contribution in [1.82, 2.24) is 0 Å². The first-order valence-electron chi connectivity index (χ1n) is 7.68. The Morgan fingerprint density at radius 3 is 2.65 bits per heavy atom. The molecular formula is C20H17ClN2O3. The van der Waals surface area contributed by atoms with Gasteiger partial charge in [0.1, 0.15) is 29.7 Å². The van der Waals surface area contributed by atoms with Crippen molar-refractivity contribution in [3.8, 4) is 17.6 Å². The average Bonchev–Trinajstić information content (AvgIpc) is 2.65. The van der Waals surface area contributed by atoms with Gasteiger partial charge in [0.05, 0.1) is 12.8 Å². The van der Waals surface area contributed by atoms with Gasteiger partial charge >= 0.3 is 0 Å². The molecule has 5 nitrogen and oxygen atoms in total. The van der Waals surface area contributed by atoms with Crippen molar-refractivity contribution in [2.45, 2.75) is 0 Å². The molecule has 0 aliphatic rings. The smallest absolute Gasteiger partial charge is 0.266 e. The van der Waals surface area contributed by atoms with Crippen LogP contribution in [0.5, 0.6) is 11.5 Å². The molecule has 0 heterocycles. The third kappa shape index (κ3) is 5.13. The fourth-order valence-corrected chi connectivity index (χ4v) is 2.27. The fourth-order valence-electron chi connectivity index (χ4n) is 2.10. The molecule has 0 aliphatic carbocycles. The van der Waals surface area contributed by atoms with Gasteiger partial charge in [0.15, 0.2) is 0 Å². The first-order valence-corrected chi connectivity index (χ1v) is 8.05. The van der Waals surface area contributed by atoms with Gasteiger partial charge in [-0.2, -0.15) is 5.26 Å². The standard InChI is InChI=1S/C20H17ClN2O3/c1-3-10-26-17-7-4-14(5-8-17)11-15(13-22)20(24)23-18-12-16(21)6-9-19(18)25-2/h3-9,11-12H,1,10H2,2H3,(H,23,24)/b15-11+. The van der Waals surface area contributed by atoms with Crippen LogP contribution in [-0.2, 0) is 4.79 Å². The van der Waals surface area contributed by atoms with Crippen LogP contribution in [0.25, 0.3) is 6.08 Å². The predicted molar refractivity (Wildman–Crippen MR) is 102 cm³/mol. The van der Waals surface area contributed by atoms with Crippen LogP contribution in [0.3, 0.4) is 0 Å². The van der Waals surface area contributed by atoms with E-state index < -0.39 is 5.91 Å². The van der Waals surface area contributed by atoms with Gasteiger partial charge in [-0.05, 0) is 42.0 Å². The number of hydrogen-bond acceptors (Lipinski definition) is 4. The summed E-state index contributed by atoms with van der Waals surface area (Å²) in [5.41, 5.74) is 1.03. The topological polar surface area (TPSA) is 71.3 Å². The zero-order valence-corrected chi connectivity index (χ0v) is 14.9. The normalized spacial score (nSPS) is 10.6. The summed E-state index contributed by atoms with van der Waals surface area (Å²) < 4.78 is 10.6. The van der Waals surface area contributed by atoms with Gasteiger partial charge in [-0.25, -0.2) is 0 Å². The third-order valence-corrected chi connectivity index (χ3v) is 3.57.